The fraction of sp³-hybridized carbons (Fsp3) is 0.500. The van der Waals surface area contributed by atoms with Crippen LogP contribution in [0.2, 0.25) is 0 Å². The molecule has 38 heavy (non-hydrogen) atoms. The molecule has 0 bridgehead atoms. The van der Waals surface area contributed by atoms with Gasteiger partial charge < -0.3 is 14.8 Å². The molecular formula is C30H36N4O4. The Labute approximate surface area is 223 Å². The average molecular weight is 517 g/mol. The number of aromatic amines is 1. The summed E-state index contributed by atoms with van der Waals surface area (Å²) in [4.78, 5) is 28.7. The summed E-state index contributed by atoms with van der Waals surface area (Å²) in [5, 5.41) is 11.7. The van der Waals surface area contributed by atoms with Crippen molar-refractivity contribution >= 4 is 22.6 Å². The van der Waals surface area contributed by atoms with Crippen LogP contribution in [0, 0.1) is 0 Å². The fourth-order valence-electron chi connectivity index (χ4n) is 6.37. The van der Waals surface area contributed by atoms with Crippen molar-refractivity contribution in [1.82, 2.24) is 20.4 Å². The first-order valence-electron chi connectivity index (χ1n) is 13.8. The van der Waals surface area contributed by atoms with Gasteiger partial charge in [0, 0.05) is 41.7 Å². The third kappa shape index (κ3) is 4.71. The highest BCUT2D eigenvalue weighted by molar-refractivity contribution is 6.04. The van der Waals surface area contributed by atoms with Gasteiger partial charge >= 0.3 is 0 Å². The number of hydrogen-bond acceptors (Lipinski definition) is 6. The number of ether oxygens (including phenoxy) is 2. The average Bonchev–Trinajstić information content (AvgIpc) is 3.35. The second-order valence-electron chi connectivity index (χ2n) is 11.6. The van der Waals surface area contributed by atoms with Gasteiger partial charge in [0.25, 0.3) is 5.91 Å². The van der Waals surface area contributed by atoms with Crippen molar-refractivity contribution in [3.8, 4) is 17.0 Å². The van der Waals surface area contributed by atoms with Crippen molar-refractivity contribution in [2.24, 2.45) is 0 Å². The van der Waals surface area contributed by atoms with Gasteiger partial charge in [-0.15, -0.1) is 0 Å². The molecule has 1 amide bonds. The Hall–Kier alpha value is -3.23. The van der Waals surface area contributed by atoms with Crippen LogP contribution in [-0.4, -0.2) is 70.8 Å². The molecule has 0 spiro atoms. The maximum Gasteiger partial charge on any atom is 0.251 e. The minimum atomic E-state index is -0.509. The number of fused-ring (bicyclic) bond motifs is 2. The third-order valence-electron chi connectivity index (χ3n) is 8.40. The number of Topliss-reactive ketones (excluding diaryl/α,β-unsaturated/α-hetero) is 1. The molecule has 3 aromatic rings. The Morgan fingerprint density at radius 1 is 1.08 bits per heavy atom. The number of H-pyrrole nitrogens is 1. The molecule has 2 fully saturated rings. The van der Waals surface area contributed by atoms with Gasteiger partial charge in [0.1, 0.15) is 11.4 Å². The lowest BCUT2D eigenvalue weighted by Crippen LogP contribution is -2.59. The summed E-state index contributed by atoms with van der Waals surface area (Å²) < 4.78 is 11.6. The van der Waals surface area contributed by atoms with Crippen LogP contribution in [0.1, 0.15) is 73.1 Å². The molecule has 3 aliphatic rings. The number of rotatable bonds is 5. The predicted molar refractivity (Wildman–Crippen MR) is 146 cm³/mol. The van der Waals surface area contributed by atoms with Crippen molar-refractivity contribution in [3.05, 3.63) is 47.5 Å². The van der Waals surface area contributed by atoms with Crippen LogP contribution in [-0.2, 0) is 4.74 Å². The van der Waals surface area contributed by atoms with E-state index in [1.165, 1.54) is 19.3 Å². The number of carbonyl (C=O) groups excluding carboxylic acids is 2. The summed E-state index contributed by atoms with van der Waals surface area (Å²) in [6.07, 6.45) is 6.21. The number of amides is 1. The maximum absolute atomic E-state index is 13.4. The van der Waals surface area contributed by atoms with E-state index in [0.717, 1.165) is 55.6 Å². The Balaban J connectivity index is 1.24. The van der Waals surface area contributed by atoms with Crippen LogP contribution in [0.5, 0.6) is 5.75 Å². The number of nitrogens with one attached hydrogen (secondary N) is 2. The molecule has 8 nitrogen and oxygen atoms in total. The molecule has 0 atom stereocenters. The quantitative estimate of drug-likeness (QED) is 0.509. The van der Waals surface area contributed by atoms with Gasteiger partial charge in [0.2, 0.25) is 0 Å². The van der Waals surface area contributed by atoms with E-state index in [0.29, 0.717) is 35.5 Å². The van der Waals surface area contributed by atoms with Gasteiger partial charge in [0.15, 0.2) is 5.78 Å². The number of hydrogen-bond donors (Lipinski definition) is 2. The minimum absolute atomic E-state index is 0.00883. The van der Waals surface area contributed by atoms with Crippen molar-refractivity contribution in [3.63, 3.8) is 0 Å². The molecule has 200 valence electrons. The third-order valence-corrected chi connectivity index (χ3v) is 8.40. The summed E-state index contributed by atoms with van der Waals surface area (Å²) in [5.74, 6) is 0.593. The Morgan fingerprint density at radius 3 is 2.66 bits per heavy atom. The van der Waals surface area contributed by atoms with E-state index < -0.39 is 5.60 Å². The molecule has 0 unspecified atom stereocenters. The van der Waals surface area contributed by atoms with E-state index >= 15 is 0 Å². The number of morpholine rings is 1. The molecule has 1 aromatic heterocycles. The van der Waals surface area contributed by atoms with Gasteiger partial charge in [-0.2, -0.15) is 5.10 Å². The zero-order chi connectivity index (χ0) is 26.3. The number of nitrogens with zero attached hydrogens (tertiary/aromatic N) is 2. The van der Waals surface area contributed by atoms with E-state index in [2.05, 4.69) is 20.4 Å². The topological polar surface area (TPSA) is 96.5 Å². The zero-order valence-electron chi connectivity index (χ0n) is 22.3. The van der Waals surface area contributed by atoms with Crippen LogP contribution in [0.4, 0.5) is 0 Å². The SMILES string of the molecule is CC1(C)CC(=O)c2cc(-c3n[nH]c4ccc(C(=O)NCC5(N6CCOCC6)CCCCC5)cc34)ccc2O1. The molecule has 3 heterocycles. The molecular weight excluding hydrogens is 480 g/mol. The molecule has 8 heteroatoms. The second-order valence-corrected chi connectivity index (χ2v) is 11.6. The van der Waals surface area contributed by atoms with Crippen molar-refractivity contribution < 1.29 is 19.1 Å². The van der Waals surface area contributed by atoms with Crippen LogP contribution in [0.25, 0.3) is 22.2 Å². The Morgan fingerprint density at radius 2 is 1.87 bits per heavy atom. The molecule has 1 saturated carbocycles. The Kier molecular flexibility index (Phi) is 6.48. The summed E-state index contributed by atoms with van der Waals surface area (Å²) in [6, 6.07) is 11.3. The van der Waals surface area contributed by atoms with E-state index in [9.17, 15) is 9.59 Å². The number of aromatic nitrogens is 2. The minimum Gasteiger partial charge on any atom is -0.487 e. The second kappa shape index (κ2) is 9.82. The van der Waals surface area contributed by atoms with Gasteiger partial charge in [0.05, 0.1) is 36.4 Å². The number of ketones is 1. The van der Waals surface area contributed by atoms with E-state index in [-0.39, 0.29) is 17.2 Å². The molecule has 6 rings (SSSR count). The summed E-state index contributed by atoms with van der Waals surface area (Å²) in [5.41, 5.74) is 3.06. The fourth-order valence-corrected chi connectivity index (χ4v) is 6.37. The van der Waals surface area contributed by atoms with Gasteiger partial charge in [-0.25, -0.2) is 0 Å². The largest absolute Gasteiger partial charge is 0.487 e. The van der Waals surface area contributed by atoms with Crippen LogP contribution in [0.3, 0.4) is 0 Å². The Bertz CT molecular complexity index is 1370. The summed E-state index contributed by atoms with van der Waals surface area (Å²) >= 11 is 0. The van der Waals surface area contributed by atoms with Crippen molar-refractivity contribution in [1.29, 1.82) is 0 Å². The maximum atomic E-state index is 13.4. The van der Waals surface area contributed by atoms with Gasteiger partial charge in [-0.1, -0.05) is 19.3 Å². The lowest BCUT2D eigenvalue weighted by Gasteiger charge is -2.48. The molecule has 1 saturated heterocycles. The highest BCUT2D eigenvalue weighted by Crippen LogP contribution is 2.37. The predicted octanol–water partition coefficient (Wildman–Crippen LogP) is 4.74. The number of carbonyl (C=O) groups is 2. The standard InChI is InChI=1S/C30H36N4O4/c1-29(2)18-25(35)23-16-20(7-9-26(23)38-29)27-22-17-21(6-8-24(22)32-33-27)28(36)31-19-30(10-4-3-5-11-30)34-12-14-37-15-13-34/h6-9,16-17H,3-5,10-15,18-19H2,1-2H3,(H,31,36)(H,32,33). The molecule has 1 aliphatic carbocycles. The molecule has 0 radical (unpaired) electrons. The highest BCUT2D eigenvalue weighted by atomic mass is 16.5. The lowest BCUT2D eigenvalue weighted by molar-refractivity contribution is -0.0361. The summed E-state index contributed by atoms with van der Waals surface area (Å²) in [7, 11) is 0. The lowest BCUT2D eigenvalue weighted by atomic mass is 9.79. The molecule has 2 N–H and O–H groups in total. The first-order chi connectivity index (χ1) is 18.3. The molecule has 2 aliphatic heterocycles. The van der Waals surface area contributed by atoms with Crippen molar-refractivity contribution in [2.45, 2.75) is 63.5 Å². The van der Waals surface area contributed by atoms with E-state index in [4.69, 9.17) is 9.47 Å². The van der Waals surface area contributed by atoms with E-state index in [1.807, 2.05) is 50.2 Å². The van der Waals surface area contributed by atoms with Crippen LogP contribution < -0.4 is 10.1 Å². The number of benzene rings is 2. The van der Waals surface area contributed by atoms with Crippen LogP contribution in [0.15, 0.2) is 36.4 Å². The van der Waals surface area contributed by atoms with Crippen molar-refractivity contribution in [2.75, 3.05) is 32.8 Å². The highest BCUT2D eigenvalue weighted by Gasteiger charge is 2.39. The smallest absolute Gasteiger partial charge is 0.251 e. The monoisotopic (exact) mass is 516 g/mol. The van der Waals surface area contributed by atoms with Gasteiger partial charge in [-0.3, -0.25) is 19.6 Å². The first kappa shape index (κ1) is 25.1. The van der Waals surface area contributed by atoms with Crippen LogP contribution >= 0.6 is 0 Å². The summed E-state index contributed by atoms with van der Waals surface area (Å²) in [6.45, 7) is 7.85. The zero-order valence-corrected chi connectivity index (χ0v) is 22.3. The normalized spacial score (nSPS) is 21.1. The first-order valence-corrected chi connectivity index (χ1v) is 13.8. The molecule has 2 aromatic carbocycles. The van der Waals surface area contributed by atoms with E-state index in [1.54, 1.807) is 0 Å². The van der Waals surface area contributed by atoms with Gasteiger partial charge in [-0.05, 0) is 63.1 Å².